The molecule has 0 radical (unpaired) electrons. The Hall–Kier alpha value is -2.70. The Morgan fingerprint density at radius 2 is 2.15 bits per heavy atom. The van der Waals surface area contributed by atoms with Gasteiger partial charge in [-0.1, -0.05) is 12.1 Å². The Labute approximate surface area is 114 Å². The quantitative estimate of drug-likeness (QED) is 0.368. The highest BCUT2D eigenvalue weighted by molar-refractivity contribution is 5.88. The maximum atomic E-state index is 11.2. The summed E-state index contributed by atoms with van der Waals surface area (Å²) in [4.78, 5) is 32.2. The summed E-state index contributed by atoms with van der Waals surface area (Å²) in [5.74, 6) is -1.79. The van der Waals surface area contributed by atoms with E-state index in [2.05, 4.69) is 4.74 Å². The van der Waals surface area contributed by atoms with Crippen LogP contribution < -0.4 is 0 Å². The van der Waals surface area contributed by atoms with Gasteiger partial charge in [-0.15, -0.1) is 0 Å². The van der Waals surface area contributed by atoms with Gasteiger partial charge in [0.2, 0.25) is 0 Å². The predicted octanol–water partition coefficient (Wildman–Crippen LogP) is 1.80. The normalized spacial score (nSPS) is 10.4. The number of carbonyl (C=O) groups is 2. The fourth-order valence-electron chi connectivity index (χ4n) is 1.61. The summed E-state index contributed by atoms with van der Waals surface area (Å²) in [6.45, 7) is 1.86. The van der Waals surface area contributed by atoms with E-state index in [-0.39, 0.29) is 17.9 Å². The first-order valence-electron chi connectivity index (χ1n) is 5.78. The molecule has 0 saturated heterocycles. The number of rotatable bonds is 6. The first-order valence-corrected chi connectivity index (χ1v) is 5.78. The highest BCUT2D eigenvalue weighted by Crippen LogP contribution is 2.24. The molecule has 7 nitrogen and oxygen atoms in total. The molecule has 0 bridgehead atoms. The highest BCUT2D eigenvalue weighted by atomic mass is 16.6. The lowest BCUT2D eigenvalue weighted by molar-refractivity contribution is -0.385. The molecular weight excluding hydrogens is 266 g/mol. The Morgan fingerprint density at radius 1 is 1.45 bits per heavy atom. The number of nitro groups is 1. The minimum absolute atomic E-state index is 0.0468. The van der Waals surface area contributed by atoms with Crippen molar-refractivity contribution in [3.63, 3.8) is 0 Å². The molecule has 1 N–H and O–H groups in total. The number of nitrogens with zero attached hydrogens (tertiary/aromatic N) is 1. The van der Waals surface area contributed by atoms with Crippen molar-refractivity contribution in [3.05, 3.63) is 45.5 Å². The number of aliphatic carboxylic acids is 1. The molecule has 0 amide bonds. The topological polar surface area (TPSA) is 107 Å². The maximum absolute atomic E-state index is 11.2. The standard InChI is InChI=1S/C13H13NO6/c1-2-20-13(17)7-6-9-4-3-5-11(14(18)19)10(9)8-12(15)16/h3-7H,2,8H2,1H3,(H,15,16)/b7-6+. The van der Waals surface area contributed by atoms with Crippen LogP contribution in [0.5, 0.6) is 0 Å². The van der Waals surface area contributed by atoms with Crippen LogP contribution >= 0.6 is 0 Å². The van der Waals surface area contributed by atoms with Crippen LogP contribution in [-0.2, 0) is 20.7 Å². The summed E-state index contributed by atoms with van der Waals surface area (Å²) in [5, 5.41) is 19.7. The Morgan fingerprint density at radius 3 is 2.70 bits per heavy atom. The van der Waals surface area contributed by atoms with Crippen LogP contribution in [0.1, 0.15) is 18.1 Å². The number of benzene rings is 1. The van der Waals surface area contributed by atoms with E-state index in [9.17, 15) is 19.7 Å². The van der Waals surface area contributed by atoms with Gasteiger partial charge in [0, 0.05) is 17.7 Å². The molecule has 106 valence electrons. The number of carboxylic acids is 1. The zero-order valence-electron chi connectivity index (χ0n) is 10.7. The van der Waals surface area contributed by atoms with E-state index in [1.165, 1.54) is 24.3 Å². The molecule has 20 heavy (non-hydrogen) atoms. The first-order chi connectivity index (χ1) is 9.45. The number of esters is 1. The Bertz CT molecular complexity index is 564. The third kappa shape index (κ3) is 4.20. The van der Waals surface area contributed by atoms with Crippen molar-refractivity contribution in [2.24, 2.45) is 0 Å². The highest BCUT2D eigenvalue weighted by Gasteiger charge is 2.18. The lowest BCUT2D eigenvalue weighted by Crippen LogP contribution is -2.06. The third-order valence-corrected chi connectivity index (χ3v) is 2.40. The molecule has 0 aromatic heterocycles. The van der Waals surface area contributed by atoms with Gasteiger partial charge in [-0.05, 0) is 18.6 Å². The van der Waals surface area contributed by atoms with Crippen molar-refractivity contribution in [1.29, 1.82) is 0 Å². The molecule has 0 aliphatic rings. The molecule has 0 aliphatic carbocycles. The summed E-state index contributed by atoms with van der Waals surface area (Å²) in [6, 6.07) is 4.15. The van der Waals surface area contributed by atoms with Gasteiger partial charge >= 0.3 is 11.9 Å². The lowest BCUT2D eigenvalue weighted by Gasteiger charge is -2.04. The van der Waals surface area contributed by atoms with E-state index < -0.39 is 23.3 Å². The second-order valence-corrected chi connectivity index (χ2v) is 3.76. The first kappa shape index (κ1) is 15.4. The van der Waals surface area contributed by atoms with Crippen molar-refractivity contribution in [2.75, 3.05) is 6.61 Å². The molecule has 1 rings (SSSR count). The third-order valence-electron chi connectivity index (χ3n) is 2.40. The number of ether oxygens (including phenoxy) is 1. The van der Waals surface area contributed by atoms with Crippen LogP contribution in [0.2, 0.25) is 0 Å². The van der Waals surface area contributed by atoms with Crippen LogP contribution in [-0.4, -0.2) is 28.6 Å². The summed E-state index contributed by atoms with van der Waals surface area (Å²) < 4.78 is 4.69. The minimum atomic E-state index is -1.19. The average Bonchev–Trinajstić information content (AvgIpc) is 2.36. The SMILES string of the molecule is CCOC(=O)/C=C/c1cccc([N+](=O)[O-])c1CC(=O)O. The van der Waals surface area contributed by atoms with E-state index in [1.54, 1.807) is 6.92 Å². The van der Waals surface area contributed by atoms with Gasteiger partial charge in [0.1, 0.15) is 0 Å². The maximum Gasteiger partial charge on any atom is 0.330 e. The van der Waals surface area contributed by atoms with Gasteiger partial charge in [0.15, 0.2) is 0 Å². The molecule has 0 heterocycles. The summed E-state index contributed by atoms with van der Waals surface area (Å²) in [5.41, 5.74) is 0.0543. The molecule has 0 atom stereocenters. The predicted molar refractivity (Wildman–Crippen MR) is 70.1 cm³/mol. The molecule has 1 aromatic rings. The largest absolute Gasteiger partial charge is 0.481 e. The van der Waals surface area contributed by atoms with Crippen LogP contribution in [0, 0.1) is 10.1 Å². The number of hydrogen-bond donors (Lipinski definition) is 1. The van der Waals surface area contributed by atoms with Crippen molar-refractivity contribution >= 4 is 23.7 Å². The molecule has 0 saturated carbocycles. The minimum Gasteiger partial charge on any atom is -0.481 e. The van der Waals surface area contributed by atoms with Crippen LogP contribution in [0.25, 0.3) is 6.08 Å². The molecule has 0 spiro atoms. The van der Waals surface area contributed by atoms with Crippen LogP contribution in [0.15, 0.2) is 24.3 Å². The molecule has 7 heteroatoms. The lowest BCUT2D eigenvalue weighted by atomic mass is 10.0. The summed E-state index contributed by atoms with van der Waals surface area (Å²) in [6.07, 6.45) is 1.91. The van der Waals surface area contributed by atoms with E-state index in [4.69, 9.17) is 5.11 Å². The van der Waals surface area contributed by atoms with E-state index >= 15 is 0 Å². The second-order valence-electron chi connectivity index (χ2n) is 3.76. The second kappa shape index (κ2) is 7.03. The van der Waals surface area contributed by atoms with Crippen molar-refractivity contribution in [1.82, 2.24) is 0 Å². The van der Waals surface area contributed by atoms with E-state index in [0.29, 0.717) is 5.56 Å². The fraction of sp³-hybridized carbons (Fsp3) is 0.231. The zero-order valence-corrected chi connectivity index (χ0v) is 10.7. The number of nitro benzene ring substituents is 1. The Kier molecular flexibility index (Phi) is 5.40. The number of carbonyl (C=O) groups excluding carboxylic acids is 1. The molecule has 0 fully saturated rings. The van der Waals surface area contributed by atoms with Crippen molar-refractivity contribution < 1.29 is 24.4 Å². The van der Waals surface area contributed by atoms with E-state index in [0.717, 1.165) is 6.08 Å². The van der Waals surface area contributed by atoms with Crippen LogP contribution in [0.3, 0.4) is 0 Å². The van der Waals surface area contributed by atoms with Gasteiger partial charge in [0.05, 0.1) is 18.0 Å². The van der Waals surface area contributed by atoms with Gasteiger partial charge in [-0.3, -0.25) is 14.9 Å². The molecular formula is C13H13NO6. The molecule has 1 aromatic carbocycles. The van der Waals surface area contributed by atoms with Crippen molar-refractivity contribution in [2.45, 2.75) is 13.3 Å². The summed E-state index contributed by atoms with van der Waals surface area (Å²) >= 11 is 0. The van der Waals surface area contributed by atoms with Crippen LogP contribution in [0.4, 0.5) is 5.69 Å². The van der Waals surface area contributed by atoms with E-state index in [1.807, 2.05) is 0 Å². The zero-order chi connectivity index (χ0) is 15.1. The van der Waals surface area contributed by atoms with Gasteiger partial charge in [0.25, 0.3) is 5.69 Å². The average molecular weight is 279 g/mol. The van der Waals surface area contributed by atoms with Gasteiger partial charge in [-0.25, -0.2) is 4.79 Å². The Balaban J connectivity index is 3.17. The molecule has 0 unspecified atom stereocenters. The van der Waals surface area contributed by atoms with Gasteiger partial charge < -0.3 is 9.84 Å². The number of hydrogen-bond acceptors (Lipinski definition) is 5. The fourth-order valence-corrected chi connectivity index (χ4v) is 1.61. The van der Waals surface area contributed by atoms with Crippen molar-refractivity contribution in [3.8, 4) is 0 Å². The smallest absolute Gasteiger partial charge is 0.330 e. The monoisotopic (exact) mass is 279 g/mol. The molecule has 0 aliphatic heterocycles. The van der Waals surface area contributed by atoms with Gasteiger partial charge in [-0.2, -0.15) is 0 Å². The summed E-state index contributed by atoms with van der Waals surface area (Å²) in [7, 11) is 0. The number of carboxylic acid groups (broad SMARTS) is 1.